The Morgan fingerprint density at radius 2 is 1.68 bits per heavy atom. The van der Waals surface area contributed by atoms with Gasteiger partial charge in [-0.15, -0.1) is 0 Å². The molecule has 1 aliphatic heterocycles. The second-order valence-electron chi connectivity index (χ2n) is 4.38. The van der Waals surface area contributed by atoms with Crippen molar-refractivity contribution in [2.45, 2.75) is 12.8 Å². The van der Waals surface area contributed by atoms with E-state index >= 15 is 0 Å². The molecule has 2 amide bonds. The number of nitrogens with zero attached hydrogens (tertiary/aromatic N) is 4. The summed E-state index contributed by atoms with van der Waals surface area (Å²) < 4.78 is 0. The molecule has 106 valence electrons. The molecule has 7 heteroatoms. The molecule has 0 radical (unpaired) electrons. The van der Waals surface area contributed by atoms with E-state index in [4.69, 9.17) is 15.8 Å². The molecule has 0 aromatic heterocycles. The van der Waals surface area contributed by atoms with Crippen molar-refractivity contribution >= 4 is 23.2 Å². The van der Waals surface area contributed by atoms with Gasteiger partial charge in [-0.05, 0) is 18.2 Å². The van der Waals surface area contributed by atoms with Gasteiger partial charge < -0.3 is 5.32 Å². The predicted octanol–water partition coefficient (Wildman–Crippen LogP) is 1.58. The molecule has 0 atom stereocenters. The Hall–Kier alpha value is -3.63. The lowest BCUT2D eigenvalue weighted by molar-refractivity contribution is -0.121. The van der Waals surface area contributed by atoms with Gasteiger partial charge in [0.05, 0.1) is 5.69 Å². The lowest BCUT2D eigenvalue weighted by Crippen LogP contribution is -2.28. The van der Waals surface area contributed by atoms with E-state index < -0.39 is 0 Å². The Kier molecular flexibility index (Phi) is 4.17. The number of nitriles is 3. The summed E-state index contributed by atoms with van der Waals surface area (Å²) >= 11 is 0. The van der Waals surface area contributed by atoms with Crippen molar-refractivity contribution < 1.29 is 9.59 Å². The number of carbonyl (C=O) groups excluding carboxylic acids is 2. The van der Waals surface area contributed by atoms with Crippen molar-refractivity contribution in [3.8, 4) is 18.2 Å². The predicted molar refractivity (Wildman–Crippen MR) is 75.7 cm³/mol. The first kappa shape index (κ1) is 14.8. The fourth-order valence-electron chi connectivity index (χ4n) is 2.01. The maximum absolute atomic E-state index is 11.7. The second kappa shape index (κ2) is 6.21. The molecule has 0 aliphatic carbocycles. The van der Waals surface area contributed by atoms with E-state index in [2.05, 4.69) is 5.32 Å². The van der Waals surface area contributed by atoms with E-state index in [1.165, 1.54) is 6.07 Å². The Bertz CT molecular complexity index is 772. The molecular weight excluding hydrogens is 282 g/mol. The van der Waals surface area contributed by atoms with Crippen molar-refractivity contribution in [2.75, 3.05) is 10.2 Å². The SMILES string of the molecule is N#CC(C#N)=C(C#N)Nc1cccc(N2C(=O)CCC2=O)c1. The number of hydrogen-bond donors (Lipinski definition) is 1. The van der Waals surface area contributed by atoms with E-state index in [0.29, 0.717) is 11.4 Å². The number of carbonyl (C=O) groups is 2. The van der Waals surface area contributed by atoms with Crippen LogP contribution in [-0.4, -0.2) is 11.8 Å². The van der Waals surface area contributed by atoms with Crippen molar-refractivity contribution in [1.82, 2.24) is 0 Å². The van der Waals surface area contributed by atoms with E-state index in [1.807, 2.05) is 0 Å². The summed E-state index contributed by atoms with van der Waals surface area (Å²) in [5, 5.41) is 29.2. The minimum Gasteiger partial charge on any atom is -0.345 e. The van der Waals surface area contributed by atoms with Gasteiger partial charge in [0.25, 0.3) is 0 Å². The molecule has 1 aliphatic rings. The third kappa shape index (κ3) is 2.77. The quantitative estimate of drug-likeness (QED) is 0.666. The third-order valence-electron chi connectivity index (χ3n) is 3.01. The number of amides is 2. The number of allylic oxidation sites excluding steroid dienone is 2. The molecule has 1 aromatic carbocycles. The number of anilines is 2. The van der Waals surface area contributed by atoms with Gasteiger partial charge in [-0.3, -0.25) is 14.5 Å². The summed E-state index contributed by atoms with van der Waals surface area (Å²) in [7, 11) is 0. The van der Waals surface area contributed by atoms with E-state index in [0.717, 1.165) is 4.90 Å². The van der Waals surface area contributed by atoms with Gasteiger partial charge in [-0.25, -0.2) is 0 Å². The van der Waals surface area contributed by atoms with Crippen LogP contribution in [0.3, 0.4) is 0 Å². The molecule has 1 fully saturated rings. The van der Waals surface area contributed by atoms with Gasteiger partial charge in [-0.2, -0.15) is 15.8 Å². The lowest BCUT2D eigenvalue weighted by atomic mass is 10.2. The number of imide groups is 1. The molecule has 0 saturated carbocycles. The highest BCUT2D eigenvalue weighted by molar-refractivity contribution is 6.19. The topological polar surface area (TPSA) is 121 Å². The van der Waals surface area contributed by atoms with Crippen LogP contribution >= 0.6 is 0 Å². The molecule has 0 bridgehead atoms. The molecule has 22 heavy (non-hydrogen) atoms. The monoisotopic (exact) mass is 291 g/mol. The Morgan fingerprint density at radius 3 is 2.23 bits per heavy atom. The maximum atomic E-state index is 11.7. The molecule has 7 nitrogen and oxygen atoms in total. The van der Waals surface area contributed by atoms with E-state index in [1.54, 1.807) is 36.4 Å². The summed E-state index contributed by atoms with van der Waals surface area (Å²) in [6.07, 6.45) is 0.347. The molecule has 1 N–H and O–H groups in total. The van der Waals surface area contributed by atoms with Crippen LogP contribution in [0.25, 0.3) is 0 Å². The molecule has 0 unspecified atom stereocenters. The highest BCUT2D eigenvalue weighted by Gasteiger charge is 2.30. The van der Waals surface area contributed by atoms with Gasteiger partial charge in [0.15, 0.2) is 5.57 Å². The fraction of sp³-hybridized carbons (Fsp3) is 0.133. The number of benzene rings is 1. The zero-order valence-electron chi connectivity index (χ0n) is 11.3. The van der Waals surface area contributed by atoms with Crippen molar-refractivity contribution in [3.05, 3.63) is 35.5 Å². The largest absolute Gasteiger partial charge is 0.345 e. The Balaban J connectivity index is 2.35. The molecular formula is C15H9N5O2. The summed E-state index contributed by atoms with van der Waals surface area (Å²) in [5.74, 6) is -0.569. The second-order valence-corrected chi connectivity index (χ2v) is 4.38. The van der Waals surface area contributed by atoms with Crippen LogP contribution in [0.15, 0.2) is 35.5 Å². The highest BCUT2D eigenvalue weighted by Crippen LogP contribution is 2.25. The summed E-state index contributed by atoms with van der Waals surface area (Å²) in [5.41, 5.74) is 0.234. The minimum atomic E-state index is -0.346. The van der Waals surface area contributed by atoms with E-state index in [9.17, 15) is 9.59 Å². The molecule has 2 rings (SSSR count). The van der Waals surface area contributed by atoms with Gasteiger partial charge in [0, 0.05) is 18.5 Å². The molecule has 1 aromatic rings. The van der Waals surface area contributed by atoms with Gasteiger partial charge in [0.2, 0.25) is 11.8 Å². The standard InChI is InChI=1S/C15H9N5O2/c16-7-10(8-17)13(9-18)19-11-2-1-3-12(6-11)20-14(21)4-5-15(20)22/h1-3,6,19H,4-5H2. The van der Waals surface area contributed by atoms with Crippen LogP contribution < -0.4 is 10.2 Å². The first-order valence-electron chi connectivity index (χ1n) is 6.28. The fourth-order valence-corrected chi connectivity index (χ4v) is 2.01. The Labute approximate surface area is 126 Å². The molecule has 0 spiro atoms. The maximum Gasteiger partial charge on any atom is 0.234 e. The number of nitrogens with one attached hydrogen (secondary N) is 1. The van der Waals surface area contributed by atoms with Gasteiger partial charge in [-0.1, -0.05) is 6.07 Å². The lowest BCUT2D eigenvalue weighted by Gasteiger charge is -2.15. The van der Waals surface area contributed by atoms with Crippen molar-refractivity contribution in [3.63, 3.8) is 0 Å². The van der Waals surface area contributed by atoms with Crippen molar-refractivity contribution in [1.29, 1.82) is 15.8 Å². The van der Waals surface area contributed by atoms with Crippen LogP contribution in [0, 0.1) is 34.0 Å². The van der Waals surface area contributed by atoms with Gasteiger partial charge >= 0.3 is 0 Å². The van der Waals surface area contributed by atoms with Crippen LogP contribution in [0.5, 0.6) is 0 Å². The molecule has 1 heterocycles. The van der Waals surface area contributed by atoms with Crippen LogP contribution in [0.4, 0.5) is 11.4 Å². The minimum absolute atomic E-state index is 0.173. The highest BCUT2D eigenvalue weighted by atomic mass is 16.2. The first-order chi connectivity index (χ1) is 10.6. The normalized spacial score (nSPS) is 13.0. The zero-order chi connectivity index (χ0) is 16.1. The summed E-state index contributed by atoms with van der Waals surface area (Å²) in [6.45, 7) is 0. The Morgan fingerprint density at radius 1 is 1.05 bits per heavy atom. The third-order valence-corrected chi connectivity index (χ3v) is 3.01. The van der Waals surface area contributed by atoms with Crippen LogP contribution in [-0.2, 0) is 9.59 Å². The number of rotatable bonds is 3. The average Bonchev–Trinajstić information content (AvgIpc) is 2.86. The smallest absolute Gasteiger partial charge is 0.234 e. The van der Waals surface area contributed by atoms with Gasteiger partial charge in [0.1, 0.15) is 23.9 Å². The van der Waals surface area contributed by atoms with Crippen molar-refractivity contribution in [2.24, 2.45) is 0 Å². The van der Waals surface area contributed by atoms with Crippen LogP contribution in [0.2, 0.25) is 0 Å². The molecule has 1 saturated heterocycles. The summed E-state index contributed by atoms with van der Waals surface area (Å²) in [6, 6.07) is 11.3. The average molecular weight is 291 g/mol. The number of hydrogen-bond acceptors (Lipinski definition) is 6. The van der Waals surface area contributed by atoms with Crippen LogP contribution in [0.1, 0.15) is 12.8 Å². The zero-order valence-corrected chi connectivity index (χ0v) is 11.3. The van der Waals surface area contributed by atoms with E-state index in [-0.39, 0.29) is 35.9 Å². The first-order valence-corrected chi connectivity index (χ1v) is 6.28. The summed E-state index contributed by atoms with van der Waals surface area (Å²) in [4.78, 5) is 24.5.